The van der Waals surface area contributed by atoms with Gasteiger partial charge >= 0.3 is 0 Å². The lowest BCUT2D eigenvalue weighted by Gasteiger charge is -2.02. The van der Waals surface area contributed by atoms with Crippen LogP contribution in [0.5, 0.6) is 0 Å². The molecular weight excluding hydrogens is 415 g/mol. The second-order valence-electron chi connectivity index (χ2n) is 5.50. The molecule has 0 saturated heterocycles. The predicted molar refractivity (Wildman–Crippen MR) is 105 cm³/mol. The predicted octanol–water partition coefficient (Wildman–Crippen LogP) is 4.08. The fraction of sp³-hybridized carbons (Fsp3) is 0.176. The molecule has 0 atom stereocenters. The fourth-order valence-electron chi connectivity index (χ4n) is 2.43. The lowest BCUT2D eigenvalue weighted by atomic mass is 10.2. The maximum absolute atomic E-state index is 12.5. The van der Waals surface area contributed by atoms with Crippen LogP contribution in [0.4, 0.5) is 0 Å². The Morgan fingerprint density at radius 3 is 2.54 bits per heavy atom. The van der Waals surface area contributed by atoms with Crippen molar-refractivity contribution in [1.29, 1.82) is 0 Å². The first kappa shape index (κ1) is 19.1. The van der Waals surface area contributed by atoms with Crippen LogP contribution in [0.3, 0.4) is 0 Å². The minimum absolute atomic E-state index is 0.0376. The van der Waals surface area contributed by atoms with Crippen molar-refractivity contribution >= 4 is 60.5 Å². The number of halogens is 2. The Morgan fingerprint density at radius 1 is 1.19 bits per heavy atom. The molecule has 1 amide bonds. The first-order chi connectivity index (χ1) is 12.2. The summed E-state index contributed by atoms with van der Waals surface area (Å²) in [5, 5.41) is 1.03. The minimum Gasteiger partial charge on any atom is -0.318 e. The van der Waals surface area contributed by atoms with Gasteiger partial charge in [0.15, 0.2) is 14.6 Å². The van der Waals surface area contributed by atoms with Crippen molar-refractivity contribution < 1.29 is 13.2 Å². The van der Waals surface area contributed by atoms with Crippen LogP contribution in [0.2, 0.25) is 10.0 Å². The molecule has 0 aliphatic heterocycles. The van der Waals surface area contributed by atoms with E-state index in [1.54, 1.807) is 30.7 Å². The average Bonchev–Trinajstić information content (AvgIpc) is 2.96. The van der Waals surface area contributed by atoms with Crippen LogP contribution >= 0.6 is 34.5 Å². The van der Waals surface area contributed by atoms with Gasteiger partial charge in [-0.15, -0.1) is 0 Å². The van der Waals surface area contributed by atoms with E-state index in [4.69, 9.17) is 23.2 Å². The first-order valence-electron chi connectivity index (χ1n) is 7.60. The van der Waals surface area contributed by atoms with E-state index < -0.39 is 15.7 Å². The molecule has 0 bridgehead atoms. The molecule has 0 unspecified atom stereocenters. The van der Waals surface area contributed by atoms with Gasteiger partial charge in [-0.05, 0) is 30.3 Å². The highest BCUT2D eigenvalue weighted by molar-refractivity contribution is 7.91. The normalized spacial score (nSPS) is 12.7. The smallest absolute Gasteiger partial charge is 0.279 e. The van der Waals surface area contributed by atoms with Crippen LogP contribution in [-0.2, 0) is 16.9 Å². The van der Waals surface area contributed by atoms with Gasteiger partial charge in [-0.2, -0.15) is 4.99 Å². The van der Waals surface area contributed by atoms with Crippen LogP contribution in [0.1, 0.15) is 17.3 Å². The minimum atomic E-state index is -3.40. The van der Waals surface area contributed by atoms with Crippen LogP contribution in [-0.4, -0.2) is 24.6 Å². The number of aromatic nitrogens is 1. The Morgan fingerprint density at radius 2 is 1.88 bits per heavy atom. The molecule has 0 saturated carbocycles. The van der Waals surface area contributed by atoms with E-state index in [0.717, 1.165) is 4.70 Å². The molecule has 0 spiro atoms. The average molecular weight is 429 g/mol. The molecule has 9 heteroatoms. The number of aryl methyl sites for hydroxylation is 1. The van der Waals surface area contributed by atoms with Crippen molar-refractivity contribution in [2.24, 2.45) is 12.0 Å². The molecule has 3 rings (SSSR count). The quantitative estimate of drug-likeness (QED) is 0.630. The highest BCUT2D eigenvalue weighted by Crippen LogP contribution is 2.31. The van der Waals surface area contributed by atoms with Gasteiger partial charge in [0.25, 0.3) is 5.91 Å². The van der Waals surface area contributed by atoms with E-state index in [1.165, 1.54) is 35.6 Å². The van der Waals surface area contributed by atoms with Crippen LogP contribution in [0.15, 0.2) is 46.3 Å². The van der Waals surface area contributed by atoms with Gasteiger partial charge in [0.1, 0.15) is 0 Å². The number of carbonyl (C=O) groups excluding carboxylic acids is 1. The molecule has 0 radical (unpaired) electrons. The van der Waals surface area contributed by atoms with E-state index in [9.17, 15) is 13.2 Å². The highest BCUT2D eigenvalue weighted by Gasteiger charge is 2.15. The van der Waals surface area contributed by atoms with Crippen molar-refractivity contribution in [3.63, 3.8) is 0 Å². The summed E-state index contributed by atoms with van der Waals surface area (Å²) in [5.41, 5.74) is 0.896. The van der Waals surface area contributed by atoms with Gasteiger partial charge < -0.3 is 4.57 Å². The van der Waals surface area contributed by atoms with Crippen molar-refractivity contribution in [3.8, 4) is 0 Å². The maximum atomic E-state index is 12.5. The van der Waals surface area contributed by atoms with Gasteiger partial charge in [0, 0.05) is 12.6 Å². The monoisotopic (exact) mass is 428 g/mol. The standard InChI is InChI=1S/C17H14Cl2N2O3S2/c1-3-26(23,24)11-6-4-5-10(9-11)16(22)20-17-21(2)14-12(18)7-8-13(19)15(14)25-17/h4-9H,3H2,1-2H3. The third kappa shape index (κ3) is 3.44. The first-order valence-corrected chi connectivity index (χ1v) is 10.8. The number of rotatable bonds is 3. The summed E-state index contributed by atoms with van der Waals surface area (Å²) in [7, 11) is -1.66. The van der Waals surface area contributed by atoms with Crippen LogP contribution in [0, 0.1) is 0 Å². The number of thiazole rings is 1. The van der Waals surface area contributed by atoms with Crippen LogP contribution in [0.25, 0.3) is 10.2 Å². The molecule has 0 fully saturated rings. The molecule has 1 aromatic heterocycles. The topological polar surface area (TPSA) is 68.5 Å². The van der Waals surface area contributed by atoms with E-state index in [1.807, 2.05) is 0 Å². The maximum Gasteiger partial charge on any atom is 0.279 e. The number of carbonyl (C=O) groups is 1. The second-order valence-corrected chi connectivity index (χ2v) is 9.57. The largest absolute Gasteiger partial charge is 0.318 e. The molecule has 1 heterocycles. The number of amides is 1. The number of benzene rings is 2. The van der Waals surface area contributed by atoms with Gasteiger partial charge in [0.05, 0.1) is 30.9 Å². The Kier molecular flexibility index (Phi) is 5.25. The number of hydrogen-bond acceptors (Lipinski definition) is 4. The van der Waals surface area contributed by atoms with E-state index in [-0.39, 0.29) is 16.2 Å². The van der Waals surface area contributed by atoms with Crippen molar-refractivity contribution in [2.75, 3.05) is 5.75 Å². The molecule has 0 aliphatic rings. The zero-order chi connectivity index (χ0) is 19.1. The summed E-state index contributed by atoms with van der Waals surface area (Å²) in [4.78, 5) is 17.2. The Hall–Kier alpha value is -1.67. The lowest BCUT2D eigenvalue weighted by molar-refractivity contribution is 0.0997. The Bertz CT molecular complexity index is 1190. The molecular formula is C17H14Cl2N2O3S2. The summed E-state index contributed by atoms with van der Waals surface area (Å²) in [6.07, 6.45) is 0. The van der Waals surface area contributed by atoms with Crippen molar-refractivity contribution in [3.05, 3.63) is 56.8 Å². The lowest BCUT2D eigenvalue weighted by Crippen LogP contribution is -2.13. The van der Waals surface area contributed by atoms with Gasteiger partial charge in [0.2, 0.25) is 0 Å². The molecule has 0 N–H and O–H groups in total. The van der Waals surface area contributed by atoms with Gasteiger partial charge in [-0.1, -0.05) is 47.5 Å². The zero-order valence-electron chi connectivity index (χ0n) is 13.9. The summed E-state index contributed by atoms with van der Waals surface area (Å²) in [5.74, 6) is -0.572. The van der Waals surface area contributed by atoms with Gasteiger partial charge in [-0.3, -0.25) is 4.79 Å². The summed E-state index contributed by atoms with van der Waals surface area (Å²) in [6, 6.07) is 9.25. The van der Waals surface area contributed by atoms with E-state index in [0.29, 0.717) is 20.4 Å². The zero-order valence-corrected chi connectivity index (χ0v) is 17.0. The van der Waals surface area contributed by atoms with E-state index in [2.05, 4.69) is 4.99 Å². The third-order valence-electron chi connectivity index (χ3n) is 3.87. The number of fused-ring (bicyclic) bond motifs is 1. The molecule has 2 aromatic carbocycles. The molecule has 26 heavy (non-hydrogen) atoms. The fourth-order valence-corrected chi connectivity index (χ4v) is 5.01. The van der Waals surface area contributed by atoms with Crippen LogP contribution < -0.4 is 4.80 Å². The summed E-state index contributed by atoms with van der Waals surface area (Å²) >= 11 is 13.7. The van der Waals surface area contributed by atoms with Crippen molar-refractivity contribution in [2.45, 2.75) is 11.8 Å². The Labute approximate surface area is 164 Å². The van der Waals surface area contributed by atoms with E-state index >= 15 is 0 Å². The number of nitrogens with zero attached hydrogens (tertiary/aromatic N) is 2. The molecule has 136 valence electrons. The Balaban J connectivity index is 2.12. The SMILES string of the molecule is CCS(=O)(=O)c1cccc(C(=O)N=c2sc3c(Cl)ccc(Cl)c3n2C)c1. The van der Waals surface area contributed by atoms with Gasteiger partial charge in [-0.25, -0.2) is 8.42 Å². The molecule has 0 aliphatic carbocycles. The summed E-state index contributed by atoms with van der Waals surface area (Å²) in [6.45, 7) is 1.55. The number of sulfone groups is 1. The summed E-state index contributed by atoms with van der Waals surface area (Å²) < 4.78 is 26.4. The molecule has 5 nitrogen and oxygen atoms in total. The highest BCUT2D eigenvalue weighted by atomic mass is 35.5. The number of hydrogen-bond donors (Lipinski definition) is 0. The van der Waals surface area contributed by atoms with Crippen molar-refractivity contribution in [1.82, 2.24) is 4.57 Å². The molecule has 3 aromatic rings. The second kappa shape index (κ2) is 7.15. The third-order valence-corrected chi connectivity index (χ3v) is 7.50.